The molecule has 0 radical (unpaired) electrons. The SMILES string of the molecule is COc1ccc(-n2c(SCC(=O)NCCC3=CCCCC3)nnc2-c2ccccc2OC)cc1. The quantitative estimate of drug-likeness (QED) is 0.325. The van der Waals surface area contributed by atoms with E-state index < -0.39 is 0 Å². The highest BCUT2D eigenvalue weighted by Gasteiger charge is 2.20. The Labute approximate surface area is 204 Å². The monoisotopic (exact) mass is 478 g/mol. The Morgan fingerprint density at radius 1 is 1.06 bits per heavy atom. The largest absolute Gasteiger partial charge is 0.497 e. The lowest BCUT2D eigenvalue weighted by atomic mass is 9.97. The Morgan fingerprint density at radius 2 is 1.88 bits per heavy atom. The van der Waals surface area contributed by atoms with Gasteiger partial charge in [-0.15, -0.1) is 10.2 Å². The van der Waals surface area contributed by atoms with E-state index in [4.69, 9.17) is 9.47 Å². The number of aromatic nitrogens is 3. The number of rotatable bonds is 10. The highest BCUT2D eigenvalue weighted by atomic mass is 32.2. The maximum absolute atomic E-state index is 12.5. The molecule has 0 bridgehead atoms. The average molecular weight is 479 g/mol. The third kappa shape index (κ3) is 5.80. The van der Waals surface area contributed by atoms with Crippen LogP contribution in [0.2, 0.25) is 0 Å². The first-order valence-corrected chi connectivity index (χ1v) is 12.5. The van der Waals surface area contributed by atoms with Crippen LogP contribution in [0, 0.1) is 0 Å². The number of amides is 1. The standard InChI is InChI=1S/C26H30N4O3S/c1-32-21-14-12-20(13-15-21)30-25(22-10-6-7-11-23(22)33-2)28-29-26(30)34-18-24(31)27-17-16-19-8-4-3-5-9-19/h6-8,10-15H,3-5,9,16-18H2,1-2H3,(H,27,31). The van der Waals surface area contributed by atoms with Crippen molar-refractivity contribution in [3.63, 3.8) is 0 Å². The normalized spacial score (nSPS) is 13.3. The van der Waals surface area contributed by atoms with E-state index in [0.717, 1.165) is 36.3 Å². The van der Waals surface area contributed by atoms with E-state index >= 15 is 0 Å². The van der Waals surface area contributed by atoms with Gasteiger partial charge in [-0.1, -0.05) is 35.5 Å². The van der Waals surface area contributed by atoms with Gasteiger partial charge in [-0.25, -0.2) is 0 Å². The molecule has 1 aliphatic carbocycles. The van der Waals surface area contributed by atoms with E-state index in [2.05, 4.69) is 21.6 Å². The molecule has 1 amide bonds. The van der Waals surface area contributed by atoms with E-state index in [1.54, 1.807) is 14.2 Å². The van der Waals surface area contributed by atoms with Crippen molar-refractivity contribution in [1.82, 2.24) is 20.1 Å². The minimum atomic E-state index is -0.00969. The molecule has 1 aliphatic rings. The third-order valence-electron chi connectivity index (χ3n) is 5.80. The van der Waals surface area contributed by atoms with E-state index in [1.807, 2.05) is 53.1 Å². The van der Waals surface area contributed by atoms with Crippen LogP contribution in [0.15, 0.2) is 65.3 Å². The van der Waals surface area contributed by atoms with Gasteiger partial charge in [-0.05, 0) is 68.5 Å². The molecule has 0 aliphatic heterocycles. The zero-order valence-corrected chi connectivity index (χ0v) is 20.4. The Hall–Kier alpha value is -3.26. The molecule has 3 aromatic rings. The summed E-state index contributed by atoms with van der Waals surface area (Å²) in [6.07, 6.45) is 8.09. The minimum absolute atomic E-state index is 0.00969. The molecule has 178 valence electrons. The molecule has 7 nitrogen and oxygen atoms in total. The van der Waals surface area contributed by atoms with Crippen LogP contribution in [-0.4, -0.2) is 47.2 Å². The number of hydrogen-bond acceptors (Lipinski definition) is 6. The number of hydrogen-bond donors (Lipinski definition) is 1. The van der Waals surface area contributed by atoms with Crippen molar-refractivity contribution in [2.24, 2.45) is 0 Å². The van der Waals surface area contributed by atoms with Crippen LogP contribution < -0.4 is 14.8 Å². The number of nitrogens with zero attached hydrogens (tertiary/aromatic N) is 3. The fourth-order valence-electron chi connectivity index (χ4n) is 4.01. The summed E-state index contributed by atoms with van der Waals surface area (Å²) in [5, 5.41) is 12.5. The van der Waals surface area contributed by atoms with E-state index in [-0.39, 0.29) is 11.7 Å². The fraction of sp³-hybridized carbons (Fsp3) is 0.346. The molecule has 1 heterocycles. The Balaban J connectivity index is 1.51. The van der Waals surface area contributed by atoms with Gasteiger partial charge in [-0.3, -0.25) is 9.36 Å². The number of thioether (sulfide) groups is 1. The Kier molecular flexibility index (Phi) is 8.25. The molecule has 4 rings (SSSR count). The van der Waals surface area contributed by atoms with Crippen LogP contribution in [0.5, 0.6) is 11.5 Å². The number of benzene rings is 2. The van der Waals surface area contributed by atoms with Crippen molar-refractivity contribution in [2.45, 2.75) is 37.3 Å². The summed E-state index contributed by atoms with van der Waals surface area (Å²) >= 11 is 1.37. The predicted octanol–water partition coefficient (Wildman–Crippen LogP) is 5.05. The van der Waals surface area contributed by atoms with Gasteiger partial charge in [0, 0.05) is 6.54 Å². The molecule has 1 aromatic heterocycles. The number of carbonyl (C=O) groups excluding carboxylic acids is 1. The summed E-state index contributed by atoms with van der Waals surface area (Å²) in [6, 6.07) is 15.4. The molecular formula is C26H30N4O3S. The number of methoxy groups -OCH3 is 2. The summed E-state index contributed by atoms with van der Waals surface area (Å²) in [5.41, 5.74) is 3.16. The predicted molar refractivity (Wildman–Crippen MR) is 135 cm³/mol. The smallest absolute Gasteiger partial charge is 0.230 e. The second-order valence-corrected chi connectivity index (χ2v) is 8.98. The van der Waals surface area contributed by atoms with Gasteiger partial charge in [0.25, 0.3) is 0 Å². The maximum Gasteiger partial charge on any atom is 0.230 e. The first kappa shape index (κ1) is 23.9. The highest BCUT2D eigenvalue weighted by Crippen LogP contribution is 2.33. The molecule has 0 spiro atoms. The van der Waals surface area contributed by atoms with E-state index in [1.165, 1.54) is 30.2 Å². The van der Waals surface area contributed by atoms with Gasteiger partial charge in [0.1, 0.15) is 11.5 Å². The van der Waals surface area contributed by atoms with Crippen molar-refractivity contribution in [3.05, 3.63) is 60.2 Å². The lowest BCUT2D eigenvalue weighted by Crippen LogP contribution is -2.26. The van der Waals surface area contributed by atoms with Gasteiger partial charge in [0.05, 0.1) is 31.2 Å². The first-order chi connectivity index (χ1) is 16.7. The topological polar surface area (TPSA) is 78.3 Å². The molecule has 8 heteroatoms. The van der Waals surface area contributed by atoms with Crippen LogP contribution >= 0.6 is 11.8 Å². The van der Waals surface area contributed by atoms with Crippen molar-refractivity contribution < 1.29 is 14.3 Å². The molecule has 34 heavy (non-hydrogen) atoms. The van der Waals surface area contributed by atoms with Crippen LogP contribution in [0.1, 0.15) is 32.1 Å². The van der Waals surface area contributed by atoms with E-state index in [9.17, 15) is 4.79 Å². The Morgan fingerprint density at radius 3 is 2.62 bits per heavy atom. The minimum Gasteiger partial charge on any atom is -0.497 e. The van der Waals surface area contributed by atoms with Gasteiger partial charge >= 0.3 is 0 Å². The average Bonchev–Trinajstić information content (AvgIpc) is 3.32. The summed E-state index contributed by atoms with van der Waals surface area (Å²) in [4.78, 5) is 12.5. The van der Waals surface area contributed by atoms with Crippen molar-refractivity contribution in [3.8, 4) is 28.6 Å². The number of para-hydroxylation sites is 1. The summed E-state index contributed by atoms with van der Waals surface area (Å²) in [7, 11) is 3.27. The summed E-state index contributed by atoms with van der Waals surface area (Å²) < 4.78 is 12.8. The van der Waals surface area contributed by atoms with Crippen LogP contribution in [0.3, 0.4) is 0 Å². The van der Waals surface area contributed by atoms with Gasteiger partial charge in [-0.2, -0.15) is 0 Å². The molecule has 0 unspecified atom stereocenters. The van der Waals surface area contributed by atoms with E-state index in [0.29, 0.717) is 23.3 Å². The molecule has 2 aromatic carbocycles. The lowest BCUT2D eigenvalue weighted by Gasteiger charge is -2.14. The highest BCUT2D eigenvalue weighted by molar-refractivity contribution is 7.99. The van der Waals surface area contributed by atoms with Gasteiger partial charge in [0.2, 0.25) is 5.91 Å². The maximum atomic E-state index is 12.5. The van der Waals surface area contributed by atoms with Gasteiger partial charge < -0.3 is 14.8 Å². The number of allylic oxidation sites excluding steroid dienone is 1. The zero-order chi connectivity index (χ0) is 23.8. The molecule has 1 N–H and O–H groups in total. The fourth-order valence-corrected chi connectivity index (χ4v) is 4.79. The third-order valence-corrected chi connectivity index (χ3v) is 6.73. The van der Waals surface area contributed by atoms with Crippen LogP contribution in [-0.2, 0) is 4.79 Å². The molecule has 0 saturated heterocycles. The second-order valence-electron chi connectivity index (χ2n) is 8.04. The molecule has 0 atom stereocenters. The van der Waals surface area contributed by atoms with Crippen molar-refractivity contribution in [2.75, 3.05) is 26.5 Å². The number of carbonyl (C=O) groups is 1. The molecule has 0 saturated carbocycles. The zero-order valence-electron chi connectivity index (χ0n) is 19.6. The Bertz CT molecular complexity index is 1140. The van der Waals surface area contributed by atoms with Crippen LogP contribution in [0.4, 0.5) is 0 Å². The van der Waals surface area contributed by atoms with Gasteiger partial charge in [0.15, 0.2) is 11.0 Å². The van der Waals surface area contributed by atoms with Crippen molar-refractivity contribution >= 4 is 17.7 Å². The van der Waals surface area contributed by atoms with Crippen molar-refractivity contribution in [1.29, 1.82) is 0 Å². The first-order valence-electron chi connectivity index (χ1n) is 11.5. The number of nitrogens with one attached hydrogen (secondary N) is 1. The van der Waals surface area contributed by atoms with Crippen LogP contribution in [0.25, 0.3) is 17.1 Å². The number of ether oxygens (including phenoxy) is 2. The summed E-state index contributed by atoms with van der Waals surface area (Å²) in [5.74, 6) is 2.37. The summed E-state index contributed by atoms with van der Waals surface area (Å²) in [6.45, 7) is 0.670. The molecule has 0 fully saturated rings. The lowest BCUT2D eigenvalue weighted by molar-refractivity contribution is -0.118. The molecular weight excluding hydrogens is 448 g/mol. The second kappa shape index (κ2) is 11.7.